The first-order valence-corrected chi connectivity index (χ1v) is 8.32. The van der Waals surface area contributed by atoms with Crippen LogP contribution in [-0.4, -0.2) is 4.98 Å². The zero-order valence-corrected chi connectivity index (χ0v) is 14.0. The Labute approximate surface area is 144 Å². The molecular formula is C19H13ClN2S. The third kappa shape index (κ3) is 3.50. The minimum absolute atomic E-state index is 0.574. The normalized spacial score (nSPS) is 11.3. The molecule has 2 nitrogen and oxygen atoms in total. The maximum atomic E-state index is 9.48. The quantitative estimate of drug-likeness (QED) is 0.564. The summed E-state index contributed by atoms with van der Waals surface area (Å²) in [6.07, 6.45) is 1.89. The number of nitriles is 1. The Balaban J connectivity index is 1.96. The van der Waals surface area contributed by atoms with Crippen LogP contribution < -0.4 is 0 Å². The van der Waals surface area contributed by atoms with Crippen LogP contribution >= 0.6 is 22.9 Å². The fraction of sp³-hybridized carbons (Fsp3) is 0.0526. The van der Waals surface area contributed by atoms with Crippen LogP contribution in [0.2, 0.25) is 5.02 Å². The molecule has 3 rings (SSSR count). The van der Waals surface area contributed by atoms with Gasteiger partial charge in [-0.05, 0) is 36.3 Å². The summed E-state index contributed by atoms with van der Waals surface area (Å²) in [5.74, 6) is 0. The fourth-order valence-corrected chi connectivity index (χ4v) is 3.12. The summed E-state index contributed by atoms with van der Waals surface area (Å²) >= 11 is 7.38. The lowest BCUT2D eigenvalue weighted by molar-refractivity contribution is 1.37. The van der Waals surface area contributed by atoms with Crippen LogP contribution in [0.1, 0.15) is 16.1 Å². The Morgan fingerprint density at radius 2 is 1.91 bits per heavy atom. The smallest absolute Gasteiger partial charge is 0.134 e. The van der Waals surface area contributed by atoms with E-state index < -0.39 is 0 Å². The molecule has 4 heteroatoms. The maximum Gasteiger partial charge on any atom is 0.134 e. The summed E-state index contributed by atoms with van der Waals surface area (Å²) < 4.78 is 0. The van der Waals surface area contributed by atoms with E-state index in [0.29, 0.717) is 10.6 Å². The summed E-state index contributed by atoms with van der Waals surface area (Å²) in [5.41, 5.74) is 4.59. The van der Waals surface area contributed by atoms with Crippen molar-refractivity contribution in [3.05, 3.63) is 75.1 Å². The number of hydrogen-bond acceptors (Lipinski definition) is 3. The van der Waals surface area contributed by atoms with Gasteiger partial charge in [-0.15, -0.1) is 11.3 Å². The SMILES string of the molecule is Cc1ccccc1/C=C(/C#N)c1nc(-c2ccc(Cl)cc2)cs1. The van der Waals surface area contributed by atoms with Crippen LogP contribution in [0.4, 0.5) is 0 Å². The molecule has 23 heavy (non-hydrogen) atoms. The standard InChI is InChI=1S/C19H13ClN2S/c1-13-4-2-3-5-15(13)10-16(11-21)19-22-18(12-23-19)14-6-8-17(20)9-7-14/h2-10,12H,1H3/b16-10-. The zero-order valence-electron chi connectivity index (χ0n) is 12.5. The van der Waals surface area contributed by atoms with Crippen LogP contribution in [0, 0.1) is 18.3 Å². The number of rotatable bonds is 3. The Bertz CT molecular complexity index is 902. The number of benzene rings is 2. The molecule has 112 valence electrons. The van der Waals surface area contributed by atoms with E-state index >= 15 is 0 Å². The predicted molar refractivity (Wildman–Crippen MR) is 97.2 cm³/mol. The molecule has 0 bridgehead atoms. The molecule has 0 saturated carbocycles. The van der Waals surface area contributed by atoms with Gasteiger partial charge in [-0.3, -0.25) is 0 Å². The van der Waals surface area contributed by atoms with Crippen molar-refractivity contribution < 1.29 is 0 Å². The molecule has 0 aliphatic heterocycles. The van der Waals surface area contributed by atoms with Crippen molar-refractivity contribution >= 4 is 34.6 Å². The molecule has 0 aliphatic carbocycles. The zero-order chi connectivity index (χ0) is 16.2. The molecule has 1 aromatic heterocycles. The van der Waals surface area contributed by atoms with E-state index in [-0.39, 0.29) is 0 Å². The second-order valence-electron chi connectivity index (χ2n) is 5.07. The molecule has 0 saturated heterocycles. The number of aromatic nitrogens is 1. The molecule has 1 heterocycles. The molecule has 3 aromatic rings. The summed E-state index contributed by atoms with van der Waals surface area (Å²) in [4.78, 5) is 4.59. The highest BCUT2D eigenvalue weighted by Crippen LogP contribution is 2.28. The van der Waals surface area contributed by atoms with Crippen molar-refractivity contribution in [2.45, 2.75) is 6.92 Å². The molecule has 0 radical (unpaired) electrons. The number of thiazole rings is 1. The first-order valence-electron chi connectivity index (χ1n) is 7.06. The third-order valence-corrected chi connectivity index (χ3v) is 4.61. The van der Waals surface area contributed by atoms with E-state index in [2.05, 4.69) is 11.1 Å². The van der Waals surface area contributed by atoms with E-state index in [1.807, 2.05) is 66.9 Å². The lowest BCUT2D eigenvalue weighted by Crippen LogP contribution is -1.84. The second kappa shape index (κ2) is 6.78. The summed E-state index contributed by atoms with van der Waals surface area (Å²) in [6.45, 7) is 2.03. The van der Waals surface area contributed by atoms with Crippen LogP contribution in [0.3, 0.4) is 0 Å². The van der Waals surface area contributed by atoms with E-state index in [1.165, 1.54) is 11.3 Å². The molecule has 0 atom stereocenters. The Kier molecular flexibility index (Phi) is 4.57. The predicted octanol–water partition coefficient (Wildman–Crippen LogP) is 5.84. The van der Waals surface area contributed by atoms with Gasteiger partial charge in [-0.2, -0.15) is 5.26 Å². The first kappa shape index (κ1) is 15.5. The van der Waals surface area contributed by atoms with Gasteiger partial charge in [0.15, 0.2) is 0 Å². The topological polar surface area (TPSA) is 36.7 Å². The molecule has 0 N–H and O–H groups in total. The van der Waals surface area contributed by atoms with Gasteiger partial charge in [0.1, 0.15) is 11.1 Å². The molecule has 0 spiro atoms. The highest BCUT2D eigenvalue weighted by molar-refractivity contribution is 7.11. The van der Waals surface area contributed by atoms with Gasteiger partial charge < -0.3 is 0 Å². The third-order valence-electron chi connectivity index (χ3n) is 3.48. The summed E-state index contributed by atoms with van der Waals surface area (Å²) in [6, 6.07) is 17.8. The minimum atomic E-state index is 0.574. The Hall–Kier alpha value is -2.41. The molecular weight excluding hydrogens is 324 g/mol. The molecule has 0 aliphatic rings. The van der Waals surface area contributed by atoms with Crippen molar-refractivity contribution in [3.8, 4) is 17.3 Å². The van der Waals surface area contributed by atoms with Gasteiger partial charge in [0.25, 0.3) is 0 Å². The minimum Gasteiger partial charge on any atom is -0.235 e. The number of hydrogen-bond donors (Lipinski definition) is 0. The average Bonchev–Trinajstić information content (AvgIpc) is 3.04. The lowest BCUT2D eigenvalue weighted by atomic mass is 10.1. The summed E-state index contributed by atoms with van der Waals surface area (Å²) in [7, 11) is 0. The number of allylic oxidation sites excluding steroid dienone is 1. The van der Waals surface area contributed by atoms with Gasteiger partial charge in [0, 0.05) is 16.0 Å². The fourth-order valence-electron chi connectivity index (χ4n) is 2.20. The van der Waals surface area contributed by atoms with E-state index in [1.54, 1.807) is 0 Å². The highest BCUT2D eigenvalue weighted by atomic mass is 35.5. The Morgan fingerprint density at radius 1 is 1.17 bits per heavy atom. The van der Waals surface area contributed by atoms with E-state index in [0.717, 1.165) is 27.4 Å². The first-order chi connectivity index (χ1) is 11.2. The van der Waals surface area contributed by atoms with Crippen molar-refractivity contribution in [2.24, 2.45) is 0 Å². The van der Waals surface area contributed by atoms with Crippen molar-refractivity contribution in [2.75, 3.05) is 0 Å². The van der Waals surface area contributed by atoms with Crippen LogP contribution in [0.25, 0.3) is 22.9 Å². The van der Waals surface area contributed by atoms with E-state index in [9.17, 15) is 5.26 Å². The monoisotopic (exact) mass is 336 g/mol. The van der Waals surface area contributed by atoms with Crippen molar-refractivity contribution in [1.82, 2.24) is 4.98 Å². The summed E-state index contributed by atoms with van der Waals surface area (Å²) in [5, 5.41) is 12.9. The highest BCUT2D eigenvalue weighted by Gasteiger charge is 2.09. The van der Waals surface area contributed by atoms with Gasteiger partial charge in [0.05, 0.1) is 11.3 Å². The van der Waals surface area contributed by atoms with Gasteiger partial charge in [-0.25, -0.2) is 4.98 Å². The van der Waals surface area contributed by atoms with Crippen molar-refractivity contribution in [3.63, 3.8) is 0 Å². The van der Waals surface area contributed by atoms with Gasteiger partial charge >= 0.3 is 0 Å². The second-order valence-corrected chi connectivity index (χ2v) is 6.37. The van der Waals surface area contributed by atoms with Crippen molar-refractivity contribution in [1.29, 1.82) is 5.26 Å². The van der Waals surface area contributed by atoms with Crippen LogP contribution in [0.15, 0.2) is 53.9 Å². The Morgan fingerprint density at radius 3 is 2.61 bits per heavy atom. The van der Waals surface area contributed by atoms with E-state index in [4.69, 9.17) is 11.6 Å². The van der Waals surface area contributed by atoms with Crippen LogP contribution in [-0.2, 0) is 0 Å². The number of aryl methyl sites for hydroxylation is 1. The number of nitrogens with zero attached hydrogens (tertiary/aromatic N) is 2. The van der Waals surface area contributed by atoms with Crippen LogP contribution in [0.5, 0.6) is 0 Å². The van der Waals surface area contributed by atoms with Gasteiger partial charge in [-0.1, -0.05) is 48.0 Å². The largest absolute Gasteiger partial charge is 0.235 e. The molecule has 0 amide bonds. The average molecular weight is 337 g/mol. The van der Waals surface area contributed by atoms with Gasteiger partial charge in [0.2, 0.25) is 0 Å². The lowest BCUT2D eigenvalue weighted by Gasteiger charge is -2.00. The molecule has 2 aromatic carbocycles. The number of halogens is 1. The molecule has 0 unspecified atom stereocenters. The molecule has 0 fully saturated rings. The maximum absolute atomic E-state index is 9.48.